The first-order chi connectivity index (χ1) is 11.9. The van der Waals surface area contributed by atoms with Crippen LogP contribution in [-0.2, 0) is 6.54 Å². The minimum Gasteiger partial charge on any atom is -0.490 e. The van der Waals surface area contributed by atoms with Crippen LogP contribution < -0.4 is 15.4 Å². The molecule has 1 unspecified atom stereocenters. The fraction of sp³-hybridized carbons (Fsp3) is 0.389. The molecule has 0 aliphatic carbocycles. The monoisotopic (exact) mass is 342 g/mol. The Kier molecular flexibility index (Phi) is 6.30. The van der Waals surface area contributed by atoms with E-state index in [-0.39, 0.29) is 12.0 Å². The summed E-state index contributed by atoms with van der Waals surface area (Å²) in [6.45, 7) is 6.96. The first kappa shape index (κ1) is 18.7. The van der Waals surface area contributed by atoms with Crippen molar-refractivity contribution in [3.63, 3.8) is 0 Å². The van der Waals surface area contributed by atoms with E-state index >= 15 is 0 Å². The Morgan fingerprint density at radius 2 is 1.84 bits per heavy atom. The summed E-state index contributed by atoms with van der Waals surface area (Å²) in [6.07, 6.45) is 1.73. The normalized spacial score (nSPS) is 12.0. The lowest BCUT2D eigenvalue weighted by Crippen LogP contribution is -2.25. The quantitative estimate of drug-likeness (QED) is 0.737. The molecule has 1 aromatic heterocycles. The van der Waals surface area contributed by atoms with Gasteiger partial charge in [-0.3, -0.25) is 4.90 Å². The van der Waals surface area contributed by atoms with E-state index in [1.54, 1.807) is 6.08 Å². The van der Waals surface area contributed by atoms with Crippen molar-refractivity contribution in [3.05, 3.63) is 48.3 Å². The first-order valence-corrected chi connectivity index (χ1v) is 8.12. The molecule has 0 aliphatic heterocycles. The summed E-state index contributed by atoms with van der Waals surface area (Å²) in [5.74, 6) is 2.29. The Morgan fingerprint density at radius 1 is 1.16 bits per heavy atom. The number of rotatable bonds is 8. The van der Waals surface area contributed by atoms with Crippen molar-refractivity contribution in [2.45, 2.75) is 19.5 Å². The van der Waals surface area contributed by atoms with Crippen LogP contribution >= 0.6 is 0 Å². The van der Waals surface area contributed by atoms with E-state index in [1.165, 1.54) is 5.56 Å². The minimum atomic E-state index is 0.000641. The topological polar surface area (TPSA) is 80.4 Å². The lowest BCUT2D eigenvalue weighted by Gasteiger charge is -2.24. The molecule has 0 aliphatic rings. The standard InChI is InChI=1S/C18H26N6O/c1-6-11-25-15-9-7-14(8-10-15)12-24(5)13(2)16-20-17(19)22-18(21-16)23(3)4/h6-10,13H,1,11-12H2,2-5H3,(H2,19,20,21,22). The second kappa shape index (κ2) is 8.43. The zero-order valence-corrected chi connectivity index (χ0v) is 15.3. The van der Waals surface area contributed by atoms with Gasteiger partial charge in [0, 0.05) is 20.6 Å². The molecular formula is C18H26N6O. The number of aromatic nitrogens is 3. The third-order valence-corrected chi connectivity index (χ3v) is 3.82. The zero-order chi connectivity index (χ0) is 18.4. The summed E-state index contributed by atoms with van der Waals surface area (Å²) in [6, 6.07) is 8.02. The van der Waals surface area contributed by atoms with Gasteiger partial charge in [0.2, 0.25) is 11.9 Å². The minimum absolute atomic E-state index is 0.000641. The average Bonchev–Trinajstić information content (AvgIpc) is 2.59. The summed E-state index contributed by atoms with van der Waals surface area (Å²) in [5.41, 5.74) is 6.99. The molecule has 0 radical (unpaired) electrons. The van der Waals surface area contributed by atoms with Crippen molar-refractivity contribution >= 4 is 11.9 Å². The van der Waals surface area contributed by atoms with Gasteiger partial charge in [0.05, 0.1) is 6.04 Å². The van der Waals surface area contributed by atoms with E-state index in [0.29, 0.717) is 18.4 Å². The molecule has 25 heavy (non-hydrogen) atoms. The highest BCUT2D eigenvalue weighted by atomic mass is 16.5. The van der Waals surface area contributed by atoms with Gasteiger partial charge in [-0.15, -0.1) is 0 Å². The Bertz CT molecular complexity index is 701. The van der Waals surface area contributed by atoms with E-state index in [4.69, 9.17) is 10.5 Å². The summed E-state index contributed by atoms with van der Waals surface area (Å²) in [4.78, 5) is 16.9. The van der Waals surface area contributed by atoms with E-state index in [0.717, 1.165) is 12.3 Å². The Balaban J connectivity index is 2.07. The SMILES string of the molecule is C=CCOc1ccc(CN(C)C(C)c2nc(N)nc(N(C)C)n2)cc1. The number of nitrogen functional groups attached to an aromatic ring is 1. The fourth-order valence-electron chi connectivity index (χ4n) is 2.25. The molecule has 1 heterocycles. The van der Waals surface area contributed by atoms with Gasteiger partial charge in [0.25, 0.3) is 0 Å². The van der Waals surface area contributed by atoms with Crippen molar-refractivity contribution in [1.82, 2.24) is 19.9 Å². The van der Waals surface area contributed by atoms with Crippen molar-refractivity contribution in [2.24, 2.45) is 0 Å². The summed E-state index contributed by atoms with van der Waals surface area (Å²) in [5, 5.41) is 0. The molecule has 0 amide bonds. The second-order valence-electron chi connectivity index (χ2n) is 6.08. The molecule has 7 heteroatoms. The third-order valence-electron chi connectivity index (χ3n) is 3.82. The van der Waals surface area contributed by atoms with E-state index < -0.39 is 0 Å². The number of benzene rings is 1. The van der Waals surface area contributed by atoms with Crippen molar-refractivity contribution in [1.29, 1.82) is 0 Å². The van der Waals surface area contributed by atoms with Crippen LogP contribution in [0.1, 0.15) is 24.4 Å². The largest absolute Gasteiger partial charge is 0.490 e. The van der Waals surface area contributed by atoms with Gasteiger partial charge in [0.15, 0.2) is 5.82 Å². The molecule has 0 saturated carbocycles. The molecule has 2 aromatic rings. The smallest absolute Gasteiger partial charge is 0.229 e. The lowest BCUT2D eigenvalue weighted by atomic mass is 10.2. The van der Waals surface area contributed by atoms with Crippen LogP contribution in [0.15, 0.2) is 36.9 Å². The van der Waals surface area contributed by atoms with Crippen LogP contribution in [0.4, 0.5) is 11.9 Å². The number of nitrogens with zero attached hydrogens (tertiary/aromatic N) is 5. The third kappa shape index (κ3) is 5.15. The molecule has 2 rings (SSSR count). The van der Waals surface area contributed by atoms with Gasteiger partial charge < -0.3 is 15.4 Å². The molecule has 134 valence electrons. The van der Waals surface area contributed by atoms with E-state index in [9.17, 15) is 0 Å². The lowest BCUT2D eigenvalue weighted by molar-refractivity contribution is 0.243. The maximum Gasteiger partial charge on any atom is 0.229 e. The Morgan fingerprint density at radius 3 is 2.44 bits per heavy atom. The highest BCUT2D eigenvalue weighted by molar-refractivity contribution is 5.33. The van der Waals surface area contributed by atoms with Gasteiger partial charge >= 0.3 is 0 Å². The maximum absolute atomic E-state index is 5.82. The number of nitrogens with two attached hydrogens (primary N) is 1. The molecule has 1 aromatic carbocycles. The van der Waals surface area contributed by atoms with Crippen LogP contribution in [0, 0.1) is 0 Å². The Labute approximate surface area is 149 Å². The van der Waals surface area contributed by atoms with Gasteiger partial charge in [-0.25, -0.2) is 0 Å². The van der Waals surface area contributed by atoms with Crippen LogP contribution in [0.3, 0.4) is 0 Å². The highest BCUT2D eigenvalue weighted by Gasteiger charge is 2.17. The molecule has 7 nitrogen and oxygen atoms in total. The Hall–Kier alpha value is -2.67. The maximum atomic E-state index is 5.82. The van der Waals surface area contributed by atoms with Crippen molar-refractivity contribution in [2.75, 3.05) is 38.4 Å². The summed E-state index contributed by atoms with van der Waals surface area (Å²) in [7, 11) is 5.79. The number of anilines is 2. The summed E-state index contributed by atoms with van der Waals surface area (Å²) < 4.78 is 5.50. The van der Waals surface area contributed by atoms with Crippen molar-refractivity contribution < 1.29 is 4.74 Å². The van der Waals surface area contributed by atoms with Crippen LogP contribution in [0.25, 0.3) is 0 Å². The fourth-order valence-corrected chi connectivity index (χ4v) is 2.25. The zero-order valence-electron chi connectivity index (χ0n) is 15.3. The van der Waals surface area contributed by atoms with E-state index in [2.05, 4.69) is 45.5 Å². The first-order valence-electron chi connectivity index (χ1n) is 8.12. The molecular weight excluding hydrogens is 316 g/mol. The molecule has 1 atom stereocenters. The van der Waals surface area contributed by atoms with Crippen LogP contribution in [0.2, 0.25) is 0 Å². The molecule has 0 fully saturated rings. The predicted molar refractivity (Wildman–Crippen MR) is 101 cm³/mol. The van der Waals surface area contributed by atoms with Crippen LogP contribution in [-0.4, -0.2) is 47.6 Å². The van der Waals surface area contributed by atoms with E-state index in [1.807, 2.05) is 38.2 Å². The molecule has 0 bridgehead atoms. The van der Waals surface area contributed by atoms with Gasteiger partial charge in [-0.1, -0.05) is 24.8 Å². The second-order valence-corrected chi connectivity index (χ2v) is 6.08. The number of hydrogen-bond donors (Lipinski definition) is 1. The van der Waals surface area contributed by atoms with Gasteiger partial charge in [-0.2, -0.15) is 15.0 Å². The summed E-state index contributed by atoms with van der Waals surface area (Å²) >= 11 is 0. The average molecular weight is 342 g/mol. The highest BCUT2D eigenvalue weighted by Crippen LogP contribution is 2.21. The van der Waals surface area contributed by atoms with Crippen LogP contribution in [0.5, 0.6) is 5.75 Å². The van der Waals surface area contributed by atoms with Gasteiger partial charge in [-0.05, 0) is 31.7 Å². The number of ether oxygens (including phenoxy) is 1. The predicted octanol–water partition coefficient (Wildman–Crippen LogP) is 2.28. The van der Waals surface area contributed by atoms with Gasteiger partial charge in [0.1, 0.15) is 12.4 Å². The van der Waals surface area contributed by atoms with Crippen molar-refractivity contribution in [3.8, 4) is 5.75 Å². The molecule has 0 saturated heterocycles. The molecule has 2 N–H and O–H groups in total. The molecule has 0 spiro atoms. The number of hydrogen-bond acceptors (Lipinski definition) is 7.